The zero-order valence-corrected chi connectivity index (χ0v) is 42.7. The summed E-state index contributed by atoms with van der Waals surface area (Å²) in [7, 11) is 0. The van der Waals surface area contributed by atoms with Gasteiger partial charge in [-0.15, -0.1) is 0 Å². The molecule has 0 rings (SSSR count). The topological polar surface area (TPSA) is 89.8 Å². The maximum atomic E-state index is 12.5. The van der Waals surface area contributed by atoms with Crippen molar-refractivity contribution in [2.75, 3.05) is 6.61 Å². The summed E-state index contributed by atoms with van der Waals surface area (Å²) in [6, 6.07) is -0.812. The molecule has 63 heavy (non-hydrogen) atoms. The molecule has 3 atom stereocenters. The van der Waals surface area contributed by atoms with Crippen LogP contribution in [0.2, 0.25) is 0 Å². The number of carbonyl (C=O) groups is 1. The van der Waals surface area contributed by atoms with Crippen molar-refractivity contribution in [3.05, 3.63) is 24.3 Å². The molecule has 0 saturated heterocycles. The van der Waals surface area contributed by atoms with Crippen molar-refractivity contribution in [1.82, 2.24) is 5.32 Å². The highest BCUT2D eigenvalue weighted by atomic mass is 16.3. The Labute approximate surface area is 394 Å². The van der Waals surface area contributed by atoms with Gasteiger partial charge in [-0.05, 0) is 32.1 Å². The van der Waals surface area contributed by atoms with Crippen LogP contribution in [0.1, 0.15) is 316 Å². The van der Waals surface area contributed by atoms with E-state index in [9.17, 15) is 20.1 Å². The average molecular weight is 889 g/mol. The maximum Gasteiger partial charge on any atom is 0.249 e. The molecule has 0 aromatic rings. The van der Waals surface area contributed by atoms with Crippen LogP contribution in [0.25, 0.3) is 0 Å². The van der Waals surface area contributed by atoms with Gasteiger partial charge in [-0.1, -0.05) is 308 Å². The second-order valence-corrected chi connectivity index (χ2v) is 19.9. The number of carbonyl (C=O) groups excluding carboxylic acids is 1. The largest absolute Gasteiger partial charge is 0.394 e. The predicted molar refractivity (Wildman–Crippen MR) is 278 cm³/mol. The summed E-state index contributed by atoms with van der Waals surface area (Å²) in [6.07, 6.45) is 68.4. The monoisotopic (exact) mass is 888 g/mol. The van der Waals surface area contributed by atoms with E-state index in [1.165, 1.54) is 257 Å². The van der Waals surface area contributed by atoms with Gasteiger partial charge < -0.3 is 20.6 Å². The molecule has 0 aliphatic heterocycles. The van der Waals surface area contributed by atoms with E-state index in [0.717, 1.165) is 38.5 Å². The van der Waals surface area contributed by atoms with E-state index in [1.807, 2.05) is 6.08 Å². The van der Waals surface area contributed by atoms with Crippen LogP contribution in [0, 0.1) is 0 Å². The molecule has 0 spiro atoms. The Morgan fingerprint density at radius 1 is 0.381 bits per heavy atom. The number of aliphatic hydroxyl groups excluding tert-OH is 3. The summed E-state index contributed by atoms with van der Waals surface area (Å²) < 4.78 is 0. The highest BCUT2D eigenvalue weighted by Gasteiger charge is 2.22. The molecule has 3 unspecified atom stereocenters. The fraction of sp³-hybridized carbons (Fsp3) is 0.914. The highest BCUT2D eigenvalue weighted by Crippen LogP contribution is 2.18. The number of unbranched alkanes of at least 4 members (excludes halogenated alkanes) is 43. The zero-order valence-electron chi connectivity index (χ0n) is 42.7. The van der Waals surface area contributed by atoms with Gasteiger partial charge >= 0.3 is 0 Å². The summed E-state index contributed by atoms with van der Waals surface area (Å²) >= 11 is 0. The minimum atomic E-state index is -1.10. The van der Waals surface area contributed by atoms with Crippen LogP contribution in [0.15, 0.2) is 24.3 Å². The molecule has 5 heteroatoms. The van der Waals surface area contributed by atoms with Gasteiger partial charge in [0.05, 0.1) is 18.8 Å². The van der Waals surface area contributed by atoms with E-state index < -0.39 is 24.2 Å². The minimum absolute atomic E-state index is 0.373. The van der Waals surface area contributed by atoms with Gasteiger partial charge in [0.2, 0.25) is 5.91 Å². The van der Waals surface area contributed by atoms with Crippen molar-refractivity contribution in [2.24, 2.45) is 0 Å². The highest BCUT2D eigenvalue weighted by molar-refractivity contribution is 5.80. The summed E-state index contributed by atoms with van der Waals surface area (Å²) in [5.41, 5.74) is 0. The lowest BCUT2D eigenvalue weighted by molar-refractivity contribution is -0.131. The van der Waals surface area contributed by atoms with Gasteiger partial charge in [0.15, 0.2) is 0 Å². The molecule has 4 N–H and O–H groups in total. The smallest absolute Gasteiger partial charge is 0.249 e. The molecule has 0 radical (unpaired) electrons. The molecule has 0 aromatic carbocycles. The molecule has 1 amide bonds. The van der Waals surface area contributed by atoms with E-state index >= 15 is 0 Å². The molecule has 0 bridgehead atoms. The predicted octanol–water partition coefficient (Wildman–Crippen LogP) is 17.7. The zero-order chi connectivity index (χ0) is 45.8. The van der Waals surface area contributed by atoms with Crippen LogP contribution in [0.3, 0.4) is 0 Å². The van der Waals surface area contributed by atoms with Crippen molar-refractivity contribution in [3.63, 3.8) is 0 Å². The molecule has 0 aromatic heterocycles. The molecule has 0 heterocycles. The third kappa shape index (κ3) is 48.6. The standard InChI is InChI=1S/C58H113NO4/c1-3-5-7-9-11-13-15-17-19-21-22-23-24-25-26-27-28-29-30-31-32-33-34-35-37-39-41-43-45-47-49-51-53-57(62)58(63)59-55(54-60)56(61)52-50-48-46-44-42-40-38-36-20-18-16-14-12-10-8-6-4-2/h42,44,50,52,55-57,60-62H,3-41,43,45-49,51,53-54H2,1-2H3,(H,59,63)/b44-42+,52-50+. The normalized spacial score (nSPS) is 13.4. The van der Waals surface area contributed by atoms with Gasteiger partial charge in [-0.25, -0.2) is 0 Å². The van der Waals surface area contributed by atoms with Crippen LogP contribution in [-0.4, -0.2) is 46.1 Å². The van der Waals surface area contributed by atoms with Crippen molar-refractivity contribution < 1.29 is 20.1 Å². The van der Waals surface area contributed by atoms with Crippen molar-refractivity contribution in [3.8, 4) is 0 Å². The Hall–Kier alpha value is -1.17. The first-order valence-corrected chi connectivity index (χ1v) is 28.7. The lowest BCUT2D eigenvalue weighted by Crippen LogP contribution is -2.48. The Morgan fingerprint density at radius 3 is 0.968 bits per heavy atom. The van der Waals surface area contributed by atoms with Crippen molar-refractivity contribution >= 4 is 5.91 Å². The Bertz CT molecular complexity index is 936. The molecule has 0 aliphatic carbocycles. The molecule has 0 aliphatic rings. The first-order chi connectivity index (χ1) is 31.1. The second-order valence-electron chi connectivity index (χ2n) is 19.9. The summed E-state index contributed by atoms with van der Waals surface area (Å²) in [5.74, 6) is -0.507. The number of hydrogen-bond acceptors (Lipinski definition) is 4. The third-order valence-corrected chi connectivity index (χ3v) is 13.5. The molecular weight excluding hydrogens is 775 g/mol. The van der Waals surface area contributed by atoms with E-state index in [1.54, 1.807) is 6.08 Å². The van der Waals surface area contributed by atoms with Gasteiger partial charge in [-0.2, -0.15) is 0 Å². The first kappa shape index (κ1) is 61.8. The van der Waals surface area contributed by atoms with Crippen molar-refractivity contribution in [2.45, 2.75) is 334 Å². The van der Waals surface area contributed by atoms with Crippen LogP contribution >= 0.6 is 0 Å². The Balaban J connectivity index is 3.51. The SMILES string of the molecule is CCCCCCCCCCCCC/C=C/CC/C=C/C(O)C(CO)NC(=O)C(O)CCCCCCCCCCCCCCCCCCCCCCCCCCCCCCCCCC. The Kier molecular flexibility index (Phi) is 52.5. The van der Waals surface area contributed by atoms with Crippen molar-refractivity contribution in [1.29, 1.82) is 0 Å². The maximum absolute atomic E-state index is 12.5. The van der Waals surface area contributed by atoms with E-state index in [-0.39, 0.29) is 6.61 Å². The summed E-state index contributed by atoms with van der Waals surface area (Å²) in [4.78, 5) is 12.5. The lowest BCUT2D eigenvalue weighted by atomic mass is 10.0. The van der Waals surface area contributed by atoms with Gasteiger partial charge in [0, 0.05) is 0 Å². The van der Waals surface area contributed by atoms with Crippen LogP contribution in [-0.2, 0) is 4.79 Å². The number of aliphatic hydroxyl groups is 3. The lowest BCUT2D eigenvalue weighted by Gasteiger charge is -2.21. The molecule has 0 saturated carbocycles. The van der Waals surface area contributed by atoms with E-state index in [4.69, 9.17) is 0 Å². The van der Waals surface area contributed by atoms with E-state index in [0.29, 0.717) is 6.42 Å². The number of amides is 1. The van der Waals surface area contributed by atoms with Gasteiger partial charge in [0.1, 0.15) is 6.10 Å². The Morgan fingerprint density at radius 2 is 0.651 bits per heavy atom. The summed E-state index contributed by atoms with van der Waals surface area (Å²) in [5, 5.41) is 33.3. The van der Waals surface area contributed by atoms with E-state index in [2.05, 4.69) is 31.3 Å². The number of allylic oxidation sites excluding steroid dienone is 3. The van der Waals surface area contributed by atoms with Crippen LogP contribution in [0.5, 0.6) is 0 Å². The quantitative estimate of drug-likeness (QED) is 0.0362. The van der Waals surface area contributed by atoms with Gasteiger partial charge in [0.25, 0.3) is 0 Å². The molecule has 5 nitrogen and oxygen atoms in total. The van der Waals surface area contributed by atoms with Crippen LogP contribution in [0.4, 0.5) is 0 Å². The first-order valence-electron chi connectivity index (χ1n) is 28.7. The summed E-state index contributed by atoms with van der Waals surface area (Å²) in [6.45, 7) is 4.20. The van der Waals surface area contributed by atoms with Gasteiger partial charge in [-0.3, -0.25) is 4.79 Å². The molecule has 0 fully saturated rings. The van der Waals surface area contributed by atoms with Crippen LogP contribution < -0.4 is 5.32 Å². The fourth-order valence-corrected chi connectivity index (χ4v) is 9.09. The number of nitrogens with one attached hydrogen (secondary N) is 1. The molecular formula is C58H113NO4. The fourth-order valence-electron chi connectivity index (χ4n) is 9.09. The third-order valence-electron chi connectivity index (χ3n) is 13.5. The number of hydrogen-bond donors (Lipinski definition) is 4. The second kappa shape index (κ2) is 53.4. The minimum Gasteiger partial charge on any atom is -0.394 e. The average Bonchev–Trinajstić information content (AvgIpc) is 3.29. The number of rotatable bonds is 53. The molecule has 374 valence electrons.